The van der Waals surface area contributed by atoms with E-state index >= 15 is 0 Å². The number of aliphatic imine (C=N–C) groups is 1. The van der Waals surface area contributed by atoms with Crippen LogP contribution in [0.15, 0.2) is 17.4 Å². The van der Waals surface area contributed by atoms with Gasteiger partial charge in [-0.25, -0.2) is 9.97 Å². The zero-order valence-electron chi connectivity index (χ0n) is 22.8. The van der Waals surface area contributed by atoms with Gasteiger partial charge in [0, 0.05) is 48.8 Å². The molecular formula is C29H43N7O. The molecule has 8 heteroatoms. The molecule has 2 atom stereocenters. The van der Waals surface area contributed by atoms with Crippen LogP contribution in [-0.4, -0.2) is 61.7 Å². The molecule has 0 aromatic carbocycles. The van der Waals surface area contributed by atoms with Crippen molar-refractivity contribution in [2.24, 2.45) is 10.9 Å². The number of hydrogen-bond donors (Lipinski definition) is 1. The fourth-order valence-corrected chi connectivity index (χ4v) is 7.32. The van der Waals surface area contributed by atoms with Crippen molar-refractivity contribution in [1.29, 1.82) is 0 Å². The summed E-state index contributed by atoms with van der Waals surface area (Å²) in [6, 6.07) is 2.81. The minimum atomic E-state index is 0.407. The first-order valence-corrected chi connectivity index (χ1v) is 14.6. The Labute approximate surface area is 221 Å². The molecule has 37 heavy (non-hydrogen) atoms. The smallest absolute Gasteiger partial charge is 0.227 e. The van der Waals surface area contributed by atoms with E-state index in [1.807, 2.05) is 6.20 Å². The third-order valence-electron chi connectivity index (χ3n) is 9.27. The van der Waals surface area contributed by atoms with Gasteiger partial charge >= 0.3 is 0 Å². The molecule has 0 spiro atoms. The molecule has 4 aliphatic rings. The van der Waals surface area contributed by atoms with E-state index in [9.17, 15) is 0 Å². The van der Waals surface area contributed by atoms with Crippen molar-refractivity contribution in [1.82, 2.24) is 24.6 Å². The topological polar surface area (TPSA) is 80.5 Å². The van der Waals surface area contributed by atoms with Crippen LogP contribution in [0.2, 0.25) is 0 Å². The monoisotopic (exact) mass is 505 g/mol. The average Bonchev–Trinajstić information content (AvgIpc) is 3.52. The van der Waals surface area contributed by atoms with Crippen LogP contribution >= 0.6 is 0 Å². The van der Waals surface area contributed by atoms with Crippen molar-refractivity contribution >= 4 is 17.3 Å². The summed E-state index contributed by atoms with van der Waals surface area (Å²) in [6.45, 7) is 9.18. The maximum absolute atomic E-state index is 5.50. The minimum Gasteiger partial charge on any atom is -0.381 e. The molecule has 2 aromatic heterocycles. The van der Waals surface area contributed by atoms with E-state index in [4.69, 9.17) is 14.7 Å². The fourth-order valence-electron chi connectivity index (χ4n) is 7.32. The highest BCUT2D eigenvalue weighted by atomic mass is 16.5. The Morgan fingerprint density at radius 2 is 1.78 bits per heavy atom. The highest BCUT2D eigenvalue weighted by Crippen LogP contribution is 2.37. The average molecular weight is 506 g/mol. The summed E-state index contributed by atoms with van der Waals surface area (Å²) in [5, 5.41) is 8.02. The van der Waals surface area contributed by atoms with E-state index < -0.39 is 0 Å². The fraction of sp³-hybridized carbons (Fsp3) is 0.724. The van der Waals surface area contributed by atoms with E-state index in [0.29, 0.717) is 18.5 Å². The first-order chi connectivity index (χ1) is 18.0. The number of nitrogens with zero attached hydrogens (tertiary/aromatic N) is 6. The Bertz CT molecular complexity index is 1110. The zero-order valence-corrected chi connectivity index (χ0v) is 22.8. The van der Waals surface area contributed by atoms with E-state index in [0.717, 1.165) is 79.3 Å². The number of aryl methyl sites for hydroxylation is 1. The van der Waals surface area contributed by atoms with Crippen LogP contribution in [0.1, 0.15) is 102 Å². The molecule has 5 heterocycles. The largest absolute Gasteiger partial charge is 0.381 e. The van der Waals surface area contributed by atoms with Gasteiger partial charge in [0.25, 0.3) is 0 Å². The van der Waals surface area contributed by atoms with Crippen molar-refractivity contribution < 1.29 is 4.74 Å². The van der Waals surface area contributed by atoms with Gasteiger partial charge in [-0.15, -0.1) is 0 Å². The molecule has 2 aromatic rings. The first kappa shape index (κ1) is 25.0. The molecular weight excluding hydrogens is 462 g/mol. The van der Waals surface area contributed by atoms with Gasteiger partial charge in [0.2, 0.25) is 5.95 Å². The predicted molar refractivity (Wildman–Crippen MR) is 147 cm³/mol. The molecule has 8 nitrogen and oxygen atoms in total. The molecule has 3 fully saturated rings. The van der Waals surface area contributed by atoms with Crippen molar-refractivity contribution in [2.45, 2.75) is 116 Å². The van der Waals surface area contributed by atoms with E-state index in [1.54, 1.807) is 0 Å². The molecule has 2 unspecified atom stereocenters. The summed E-state index contributed by atoms with van der Waals surface area (Å²) in [4.78, 5) is 17.3. The molecule has 6 rings (SSSR count). The summed E-state index contributed by atoms with van der Waals surface area (Å²) in [7, 11) is 0. The maximum Gasteiger partial charge on any atom is 0.227 e. The van der Waals surface area contributed by atoms with Crippen LogP contribution in [0, 0.1) is 5.92 Å². The molecule has 3 aliphatic heterocycles. The molecule has 200 valence electrons. The second kappa shape index (κ2) is 10.8. The highest BCUT2D eigenvalue weighted by molar-refractivity contribution is 6.02. The van der Waals surface area contributed by atoms with E-state index in [-0.39, 0.29) is 0 Å². The molecule has 2 saturated heterocycles. The number of hydrogen-bond acceptors (Lipinski definition) is 7. The Morgan fingerprint density at radius 1 is 1.00 bits per heavy atom. The second-order valence-electron chi connectivity index (χ2n) is 11.8. The number of ether oxygens (including phenoxy) is 1. The van der Waals surface area contributed by atoms with Crippen molar-refractivity contribution in [2.75, 3.05) is 18.5 Å². The number of nitrogens with one attached hydrogen (secondary N) is 1. The number of anilines is 2. The molecule has 1 aliphatic carbocycles. The Hall–Kier alpha value is -2.32. The SMILES string of the molecule is CC1=NCc2nc(Nc3cnn(C4CCOCC4)c3)nc(CCC[C@H]3CC[C@H](N4C(C)CC4C)CC3)c21. The quantitative estimate of drug-likeness (QED) is 0.513. The normalized spacial score (nSPS) is 28.6. The van der Waals surface area contributed by atoms with Gasteiger partial charge in [0.15, 0.2) is 0 Å². The summed E-state index contributed by atoms with van der Waals surface area (Å²) in [6.07, 6.45) is 16.3. The molecule has 1 N–H and O–H groups in total. The predicted octanol–water partition coefficient (Wildman–Crippen LogP) is 5.46. The Kier molecular flexibility index (Phi) is 7.30. The zero-order chi connectivity index (χ0) is 25.4. The number of aromatic nitrogens is 4. The lowest BCUT2D eigenvalue weighted by Gasteiger charge is -2.52. The molecule has 0 amide bonds. The van der Waals surface area contributed by atoms with Gasteiger partial charge in [0.1, 0.15) is 0 Å². The standard InChI is InChI=1S/C29H43N7O/c1-19-15-20(2)36(19)25-9-7-22(8-10-25)5-4-6-26-28-21(3)30-17-27(28)34-29(33-26)32-23-16-31-35(18-23)24-11-13-37-14-12-24/h16,18-20,22,24-25H,4-15,17H2,1-3H3,(H,32,33,34)/t19?,20?,22-,25-. The third kappa shape index (κ3) is 5.32. The lowest BCUT2D eigenvalue weighted by molar-refractivity contribution is -0.0249. The van der Waals surface area contributed by atoms with E-state index in [1.165, 1.54) is 50.5 Å². The van der Waals surface area contributed by atoms with Gasteiger partial charge in [0.05, 0.1) is 35.9 Å². The van der Waals surface area contributed by atoms with Gasteiger partial charge in [-0.1, -0.05) is 6.42 Å². The van der Waals surface area contributed by atoms with Gasteiger partial charge in [-0.3, -0.25) is 14.6 Å². The Morgan fingerprint density at radius 3 is 2.54 bits per heavy atom. The van der Waals surface area contributed by atoms with Crippen molar-refractivity contribution in [3.63, 3.8) is 0 Å². The third-order valence-corrected chi connectivity index (χ3v) is 9.27. The lowest BCUT2D eigenvalue weighted by Crippen LogP contribution is -2.58. The van der Waals surface area contributed by atoms with Crippen LogP contribution in [0.5, 0.6) is 0 Å². The van der Waals surface area contributed by atoms with E-state index in [2.05, 4.69) is 52.0 Å². The minimum absolute atomic E-state index is 0.407. The maximum atomic E-state index is 5.50. The summed E-state index contributed by atoms with van der Waals surface area (Å²) in [5.41, 5.74) is 5.42. The summed E-state index contributed by atoms with van der Waals surface area (Å²) >= 11 is 0. The summed E-state index contributed by atoms with van der Waals surface area (Å²) in [5.74, 6) is 1.53. The van der Waals surface area contributed by atoms with Crippen molar-refractivity contribution in [3.8, 4) is 0 Å². The molecule has 1 saturated carbocycles. The molecule has 0 radical (unpaired) electrons. The van der Waals surface area contributed by atoms with Gasteiger partial charge < -0.3 is 10.1 Å². The highest BCUT2D eigenvalue weighted by Gasteiger charge is 2.38. The second-order valence-corrected chi connectivity index (χ2v) is 11.8. The molecule has 0 bridgehead atoms. The van der Waals surface area contributed by atoms with Gasteiger partial charge in [-0.05, 0) is 84.5 Å². The first-order valence-electron chi connectivity index (χ1n) is 14.6. The Balaban J connectivity index is 1.06. The van der Waals surface area contributed by atoms with Crippen LogP contribution in [0.25, 0.3) is 0 Å². The van der Waals surface area contributed by atoms with Crippen LogP contribution < -0.4 is 5.32 Å². The van der Waals surface area contributed by atoms with Gasteiger partial charge in [-0.2, -0.15) is 5.10 Å². The number of likely N-dealkylation sites (tertiary alicyclic amines) is 1. The van der Waals surface area contributed by atoms with Crippen LogP contribution in [-0.2, 0) is 17.7 Å². The van der Waals surface area contributed by atoms with Crippen molar-refractivity contribution in [3.05, 3.63) is 29.3 Å². The summed E-state index contributed by atoms with van der Waals surface area (Å²) < 4.78 is 7.56. The van der Waals surface area contributed by atoms with Crippen LogP contribution in [0.3, 0.4) is 0 Å². The van der Waals surface area contributed by atoms with Crippen LogP contribution in [0.4, 0.5) is 11.6 Å². The lowest BCUT2D eigenvalue weighted by atomic mass is 9.79. The number of rotatable bonds is 8. The number of fused-ring (bicyclic) bond motifs is 1.